The molecule has 2 rings (SSSR count). The second-order valence-corrected chi connectivity index (χ2v) is 5.64. The Kier molecular flexibility index (Phi) is 4.96. The van der Waals surface area contributed by atoms with Gasteiger partial charge in [0.15, 0.2) is 0 Å². The molecular weight excluding hydrogens is 242 g/mol. The molecule has 0 amide bonds. The number of nitrogens with one attached hydrogen (secondary N) is 1. The van der Waals surface area contributed by atoms with Gasteiger partial charge in [0.25, 0.3) is 0 Å². The molecule has 98 valence electrons. The van der Waals surface area contributed by atoms with Gasteiger partial charge in [-0.05, 0) is 36.9 Å². The molecule has 0 bridgehead atoms. The molecule has 1 unspecified atom stereocenters. The van der Waals surface area contributed by atoms with Crippen LogP contribution in [0, 0.1) is 5.92 Å². The topological polar surface area (TPSA) is 29.9 Å². The van der Waals surface area contributed by atoms with Crippen molar-refractivity contribution in [3.63, 3.8) is 0 Å². The molecule has 0 aliphatic heterocycles. The third-order valence-electron chi connectivity index (χ3n) is 2.88. The number of hydrogen-bond acceptors (Lipinski definition) is 3. The molecule has 1 N–H and O–H groups in total. The van der Waals surface area contributed by atoms with Gasteiger partial charge in [-0.1, -0.05) is 19.9 Å². The van der Waals surface area contributed by atoms with Crippen molar-refractivity contribution in [2.24, 2.45) is 5.92 Å². The van der Waals surface area contributed by atoms with Crippen molar-refractivity contribution in [1.82, 2.24) is 14.9 Å². The van der Waals surface area contributed by atoms with Gasteiger partial charge in [-0.25, -0.2) is 4.98 Å². The first-order valence-electron chi connectivity index (χ1n) is 6.57. The molecule has 0 saturated carbocycles. The van der Waals surface area contributed by atoms with E-state index in [0.717, 1.165) is 25.5 Å². The molecule has 2 aromatic rings. The first kappa shape index (κ1) is 13.3. The molecule has 0 saturated heterocycles. The van der Waals surface area contributed by atoms with Crippen LogP contribution in [-0.4, -0.2) is 22.6 Å². The Bertz CT molecular complexity index is 447. The quantitative estimate of drug-likeness (QED) is 0.777. The zero-order valence-electron chi connectivity index (χ0n) is 11.1. The number of hydrogen-bond donors (Lipinski definition) is 1. The molecule has 0 aromatic carbocycles. The first-order chi connectivity index (χ1) is 8.81. The third-order valence-corrected chi connectivity index (χ3v) is 3.75. The normalized spacial score (nSPS) is 12.8. The Hall–Kier alpha value is -1.13. The van der Waals surface area contributed by atoms with Crippen LogP contribution in [-0.2, 0) is 6.54 Å². The van der Waals surface area contributed by atoms with E-state index in [2.05, 4.69) is 52.4 Å². The predicted octanol–water partition coefficient (Wildman–Crippen LogP) is 3.25. The highest BCUT2D eigenvalue weighted by Crippen LogP contribution is 2.23. The Labute approximate surface area is 113 Å². The number of rotatable bonds is 7. The summed E-state index contributed by atoms with van der Waals surface area (Å²) in [5.74, 6) is 1.71. The molecular formula is C14H21N3S. The smallest absolute Gasteiger partial charge is 0.149 e. The fraction of sp³-hybridized carbons (Fsp3) is 0.500. The molecule has 0 fully saturated rings. The minimum atomic E-state index is 0.615. The highest BCUT2D eigenvalue weighted by molar-refractivity contribution is 7.13. The lowest BCUT2D eigenvalue weighted by Crippen LogP contribution is -2.24. The third kappa shape index (κ3) is 3.43. The van der Waals surface area contributed by atoms with Crippen LogP contribution in [0.2, 0.25) is 0 Å². The lowest BCUT2D eigenvalue weighted by Gasteiger charge is -2.14. The minimum Gasteiger partial charge on any atom is -0.330 e. The van der Waals surface area contributed by atoms with Gasteiger partial charge < -0.3 is 9.88 Å². The molecule has 2 heterocycles. The van der Waals surface area contributed by atoms with Gasteiger partial charge in [0.2, 0.25) is 0 Å². The molecule has 0 aliphatic carbocycles. The van der Waals surface area contributed by atoms with Gasteiger partial charge >= 0.3 is 0 Å². The number of nitrogens with zero attached hydrogens (tertiary/aromatic N) is 2. The molecule has 4 heteroatoms. The molecule has 3 nitrogen and oxygen atoms in total. The van der Waals surface area contributed by atoms with Gasteiger partial charge in [0, 0.05) is 18.9 Å². The molecule has 18 heavy (non-hydrogen) atoms. The second-order valence-electron chi connectivity index (χ2n) is 4.69. The summed E-state index contributed by atoms with van der Waals surface area (Å²) in [5, 5.41) is 5.57. The van der Waals surface area contributed by atoms with Gasteiger partial charge in [0.1, 0.15) is 5.82 Å². The average Bonchev–Trinajstić information content (AvgIpc) is 2.99. The highest BCUT2D eigenvalue weighted by atomic mass is 32.1. The Balaban J connectivity index is 1.95. The van der Waals surface area contributed by atoms with Crippen LogP contribution >= 0.6 is 11.3 Å². The number of imidazole rings is 1. The van der Waals surface area contributed by atoms with E-state index in [4.69, 9.17) is 0 Å². The van der Waals surface area contributed by atoms with E-state index in [9.17, 15) is 0 Å². The zero-order chi connectivity index (χ0) is 12.8. The van der Waals surface area contributed by atoms with E-state index in [-0.39, 0.29) is 0 Å². The van der Waals surface area contributed by atoms with Crippen molar-refractivity contribution in [2.45, 2.75) is 26.8 Å². The Morgan fingerprint density at radius 3 is 3.11 bits per heavy atom. The zero-order valence-corrected chi connectivity index (χ0v) is 11.9. The van der Waals surface area contributed by atoms with Crippen LogP contribution in [0.1, 0.15) is 20.3 Å². The van der Waals surface area contributed by atoms with Crippen molar-refractivity contribution in [3.05, 3.63) is 29.9 Å². The van der Waals surface area contributed by atoms with Gasteiger partial charge in [-0.15, -0.1) is 11.3 Å². The fourth-order valence-corrected chi connectivity index (χ4v) is 2.75. The Morgan fingerprint density at radius 1 is 1.50 bits per heavy atom. The largest absolute Gasteiger partial charge is 0.330 e. The van der Waals surface area contributed by atoms with E-state index in [0.29, 0.717) is 5.92 Å². The maximum atomic E-state index is 4.46. The minimum absolute atomic E-state index is 0.615. The SMILES string of the molecule is CCCNCC(C)Cn1ccnc1-c1cccs1. The van der Waals surface area contributed by atoms with Crippen LogP contribution in [0.4, 0.5) is 0 Å². The van der Waals surface area contributed by atoms with Crippen LogP contribution in [0.5, 0.6) is 0 Å². The van der Waals surface area contributed by atoms with Gasteiger partial charge in [0.05, 0.1) is 4.88 Å². The van der Waals surface area contributed by atoms with Crippen LogP contribution < -0.4 is 5.32 Å². The number of aromatic nitrogens is 2. The summed E-state index contributed by atoms with van der Waals surface area (Å²) in [4.78, 5) is 5.71. The highest BCUT2D eigenvalue weighted by Gasteiger charge is 2.09. The number of thiophene rings is 1. The van der Waals surface area contributed by atoms with Crippen LogP contribution in [0.15, 0.2) is 29.9 Å². The summed E-state index contributed by atoms with van der Waals surface area (Å²) < 4.78 is 2.25. The lowest BCUT2D eigenvalue weighted by molar-refractivity contribution is 0.448. The fourth-order valence-electron chi connectivity index (χ4n) is 2.01. The standard InChI is InChI=1S/C14H21N3S/c1-3-6-15-10-12(2)11-17-8-7-16-14(17)13-5-4-9-18-13/h4-5,7-9,12,15H,3,6,10-11H2,1-2H3. The van der Waals surface area contributed by atoms with E-state index >= 15 is 0 Å². The summed E-state index contributed by atoms with van der Waals surface area (Å²) in [6.45, 7) is 7.66. The van der Waals surface area contributed by atoms with E-state index in [1.807, 2.05) is 6.20 Å². The maximum Gasteiger partial charge on any atom is 0.149 e. The van der Waals surface area contributed by atoms with Crippen LogP contribution in [0.25, 0.3) is 10.7 Å². The lowest BCUT2D eigenvalue weighted by atomic mass is 10.2. The summed E-state index contributed by atoms with van der Waals surface area (Å²) in [5.41, 5.74) is 0. The maximum absolute atomic E-state index is 4.46. The summed E-state index contributed by atoms with van der Waals surface area (Å²) in [6, 6.07) is 4.20. The van der Waals surface area contributed by atoms with Crippen molar-refractivity contribution in [3.8, 4) is 10.7 Å². The van der Waals surface area contributed by atoms with Gasteiger partial charge in [-0.3, -0.25) is 0 Å². The van der Waals surface area contributed by atoms with Crippen molar-refractivity contribution in [1.29, 1.82) is 0 Å². The molecule has 0 spiro atoms. The molecule has 2 aromatic heterocycles. The molecule has 1 atom stereocenters. The van der Waals surface area contributed by atoms with E-state index in [1.165, 1.54) is 11.3 Å². The van der Waals surface area contributed by atoms with Gasteiger partial charge in [-0.2, -0.15) is 0 Å². The van der Waals surface area contributed by atoms with Crippen molar-refractivity contribution < 1.29 is 0 Å². The van der Waals surface area contributed by atoms with E-state index < -0.39 is 0 Å². The first-order valence-corrected chi connectivity index (χ1v) is 7.45. The predicted molar refractivity (Wildman–Crippen MR) is 77.9 cm³/mol. The van der Waals surface area contributed by atoms with E-state index in [1.54, 1.807) is 11.3 Å². The van der Waals surface area contributed by atoms with Crippen molar-refractivity contribution >= 4 is 11.3 Å². The monoisotopic (exact) mass is 263 g/mol. The van der Waals surface area contributed by atoms with Crippen molar-refractivity contribution in [2.75, 3.05) is 13.1 Å². The molecule has 0 aliphatic rings. The van der Waals surface area contributed by atoms with Crippen LogP contribution in [0.3, 0.4) is 0 Å². The summed E-state index contributed by atoms with van der Waals surface area (Å²) in [6.07, 6.45) is 5.16. The summed E-state index contributed by atoms with van der Waals surface area (Å²) >= 11 is 1.74. The average molecular weight is 263 g/mol. The Morgan fingerprint density at radius 2 is 2.39 bits per heavy atom. The second kappa shape index (κ2) is 6.71. The summed E-state index contributed by atoms with van der Waals surface area (Å²) in [7, 11) is 0. The molecule has 0 radical (unpaired) electrons.